The van der Waals surface area contributed by atoms with Gasteiger partial charge in [-0.3, -0.25) is 0 Å². The summed E-state index contributed by atoms with van der Waals surface area (Å²) in [6.45, 7) is 0.0743. The van der Waals surface area contributed by atoms with Gasteiger partial charge in [0.1, 0.15) is 17.9 Å². The van der Waals surface area contributed by atoms with Crippen molar-refractivity contribution in [2.45, 2.75) is 16.9 Å². The highest BCUT2D eigenvalue weighted by molar-refractivity contribution is 6.66. The molecule has 8 heteroatoms. The van der Waals surface area contributed by atoms with Crippen LogP contribution in [0.15, 0.2) is 0 Å². The van der Waals surface area contributed by atoms with Gasteiger partial charge in [0.2, 0.25) is 3.79 Å². The Morgan fingerprint density at radius 2 is 2.14 bits per heavy atom. The second-order valence-electron chi connectivity index (χ2n) is 2.40. The minimum atomic E-state index is -1.67. The first-order valence-electron chi connectivity index (χ1n) is 3.57. The summed E-state index contributed by atoms with van der Waals surface area (Å²) in [7, 11) is 0. The van der Waals surface area contributed by atoms with Gasteiger partial charge in [-0.25, -0.2) is 4.68 Å². The van der Waals surface area contributed by atoms with Crippen LogP contribution in [0.2, 0.25) is 0 Å². The lowest BCUT2D eigenvalue weighted by molar-refractivity contribution is 0.641. The SMILES string of the molecule is N#CCn1nnc(CN)c1C(Cl)(Cl)Cl. The lowest BCUT2D eigenvalue weighted by Crippen LogP contribution is -2.15. The number of halogens is 3. The van der Waals surface area contributed by atoms with Crippen LogP contribution in [0, 0.1) is 11.3 Å². The first-order valence-corrected chi connectivity index (χ1v) is 4.70. The average molecular weight is 255 g/mol. The molecular formula is C6H6Cl3N5. The van der Waals surface area contributed by atoms with Crippen LogP contribution in [-0.4, -0.2) is 15.0 Å². The molecule has 76 valence electrons. The van der Waals surface area contributed by atoms with E-state index in [1.807, 2.05) is 6.07 Å². The molecule has 0 amide bonds. The standard InChI is InChI=1S/C6H6Cl3N5/c7-6(8,9)5-4(3-11)12-13-14(5)2-1-10/h2-3,11H2. The number of rotatable bonds is 2. The quantitative estimate of drug-likeness (QED) is 0.801. The molecule has 5 nitrogen and oxygen atoms in total. The molecule has 14 heavy (non-hydrogen) atoms. The Morgan fingerprint density at radius 3 is 2.57 bits per heavy atom. The Labute approximate surface area is 95.3 Å². The normalized spacial score (nSPS) is 11.4. The highest BCUT2D eigenvalue weighted by Crippen LogP contribution is 2.39. The van der Waals surface area contributed by atoms with Gasteiger partial charge in [0.15, 0.2) is 0 Å². The van der Waals surface area contributed by atoms with Gasteiger partial charge >= 0.3 is 0 Å². The molecule has 0 fully saturated rings. The zero-order chi connectivity index (χ0) is 10.8. The van der Waals surface area contributed by atoms with Crippen molar-refractivity contribution in [1.82, 2.24) is 15.0 Å². The van der Waals surface area contributed by atoms with Gasteiger partial charge in [-0.1, -0.05) is 40.0 Å². The molecule has 0 saturated carbocycles. The van der Waals surface area contributed by atoms with E-state index in [0.29, 0.717) is 5.69 Å². The molecule has 0 aliphatic heterocycles. The number of hydrogen-bond donors (Lipinski definition) is 1. The summed E-state index contributed by atoms with van der Waals surface area (Å²) in [5, 5.41) is 15.8. The van der Waals surface area contributed by atoms with E-state index in [1.54, 1.807) is 0 Å². The third kappa shape index (κ3) is 2.28. The number of hydrogen-bond acceptors (Lipinski definition) is 4. The number of alkyl halides is 3. The van der Waals surface area contributed by atoms with Crippen LogP contribution in [0.25, 0.3) is 0 Å². The van der Waals surface area contributed by atoms with Gasteiger partial charge in [0.25, 0.3) is 0 Å². The Morgan fingerprint density at radius 1 is 1.50 bits per heavy atom. The molecule has 1 rings (SSSR count). The van der Waals surface area contributed by atoms with Crippen molar-refractivity contribution >= 4 is 34.8 Å². The molecule has 0 atom stereocenters. The van der Waals surface area contributed by atoms with Gasteiger partial charge in [0, 0.05) is 6.54 Å². The molecule has 0 aliphatic carbocycles. The maximum atomic E-state index is 8.49. The molecule has 0 aliphatic rings. The monoisotopic (exact) mass is 253 g/mol. The third-order valence-electron chi connectivity index (χ3n) is 1.49. The molecule has 0 aromatic carbocycles. The average Bonchev–Trinajstić information content (AvgIpc) is 2.47. The van der Waals surface area contributed by atoms with E-state index in [2.05, 4.69) is 10.3 Å². The van der Waals surface area contributed by atoms with E-state index in [1.165, 1.54) is 4.68 Å². The second kappa shape index (κ2) is 4.32. The smallest absolute Gasteiger partial charge is 0.234 e. The van der Waals surface area contributed by atoms with Crippen LogP contribution in [0.5, 0.6) is 0 Å². The van der Waals surface area contributed by atoms with Crippen molar-refractivity contribution in [2.75, 3.05) is 0 Å². The molecule has 2 N–H and O–H groups in total. The number of nitrogens with two attached hydrogens (primary N) is 1. The summed E-state index contributed by atoms with van der Waals surface area (Å²) >= 11 is 17.1. The molecule has 0 saturated heterocycles. The lowest BCUT2D eigenvalue weighted by atomic mass is 10.3. The maximum Gasteiger partial charge on any atom is 0.234 e. The van der Waals surface area contributed by atoms with Crippen molar-refractivity contribution in [3.05, 3.63) is 11.4 Å². The highest BCUT2D eigenvalue weighted by Gasteiger charge is 2.31. The molecule has 1 aromatic rings. The fraction of sp³-hybridized carbons (Fsp3) is 0.500. The largest absolute Gasteiger partial charge is 0.325 e. The molecule has 0 unspecified atom stereocenters. The van der Waals surface area contributed by atoms with Crippen LogP contribution in [-0.2, 0) is 16.9 Å². The fourth-order valence-electron chi connectivity index (χ4n) is 0.974. The van der Waals surface area contributed by atoms with Crippen LogP contribution < -0.4 is 5.73 Å². The molecule has 1 aromatic heterocycles. The summed E-state index contributed by atoms with van der Waals surface area (Å²) in [5.41, 5.74) is 6.00. The van der Waals surface area contributed by atoms with E-state index in [9.17, 15) is 0 Å². The Kier molecular flexibility index (Phi) is 3.56. The number of nitrogens with zero attached hydrogens (tertiary/aromatic N) is 4. The summed E-state index contributed by atoms with van der Waals surface area (Å²) < 4.78 is -0.454. The van der Waals surface area contributed by atoms with E-state index >= 15 is 0 Å². The van der Waals surface area contributed by atoms with Gasteiger partial charge in [0.05, 0.1) is 6.07 Å². The van der Waals surface area contributed by atoms with Gasteiger partial charge in [-0.05, 0) is 0 Å². The maximum absolute atomic E-state index is 8.49. The van der Waals surface area contributed by atoms with Crippen molar-refractivity contribution < 1.29 is 0 Å². The highest BCUT2D eigenvalue weighted by atomic mass is 35.6. The predicted octanol–water partition coefficient (Wildman–Crippen LogP) is 1.09. The Bertz CT molecular complexity index is 361. The predicted molar refractivity (Wildman–Crippen MR) is 52.8 cm³/mol. The zero-order valence-corrected chi connectivity index (χ0v) is 9.18. The zero-order valence-electron chi connectivity index (χ0n) is 6.91. The van der Waals surface area contributed by atoms with Crippen LogP contribution in [0.4, 0.5) is 0 Å². The van der Waals surface area contributed by atoms with Gasteiger partial charge < -0.3 is 5.73 Å². The first kappa shape index (κ1) is 11.5. The van der Waals surface area contributed by atoms with Gasteiger partial charge in [-0.2, -0.15) is 5.26 Å². The van der Waals surface area contributed by atoms with Crippen molar-refractivity contribution in [1.29, 1.82) is 5.26 Å². The summed E-state index contributed by atoms with van der Waals surface area (Å²) in [5.74, 6) is 0. The van der Waals surface area contributed by atoms with Crippen molar-refractivity contribution in [3.63, 3.8) is 0 Å². The Hall–Kier alpha value is -0.540. The molecular weight excluding hydrogens is 248 g/mol. The van der Waals surface area contributed by atoms with Crippen LogP contribution in [0.1, 0.15) is 11.4 Å². The minimum Gasteiger partial charge on any atom is -0.325 e. The third-order valence-corrected chi connectivity index (χ3v) is 2.02. The van der Waals surface area contributed by atoms with E-state index < -0.39 is 3.79 Å². The van der Waals surface area contributed by atoms with Crippen molar-refractivity contribution in [3.8, 4) is 6.07 Å². The van der Waals surface area contributed by atoms with E-state index in [0.717, 1.165) is 0 Å². The summed E-state index contributed by atoms with van der Waals surface area (Å²) in [4.78, 5) is 0. The first-order chi connectivity index (χ1) is 6.50. The topological polar surface area (TPSA) is 80.5 Å². The lowest BCUT2D eigenvalue weighted by Gasteiger charge is -2.12. The molecule has 1 heterocycles. The number of nitriles is 1. The van der Waals surface area contributed by atoms with Crippen LogP contribution >= 0.6 is 34.8 Å². The summed E-state index contributed by atoms with van der Waals surface area (Å²) in [6, 6.07) is 1.88. The molecule has 0 bridgehead atoms. The van der Waals surface area contributed by atoms with E-state index in [4.69, 9.17) is 45.8 Å². The molecule has 0 radical (unpaired) electrons. The summed E-state index contributed by atoms with van der Waals surface area (Å²) in [6.07, 6.45) is 0. The van der Waals surface area contributed by atoms with Crippen LogP contribution in [0.3, 0.4) is 0 Å². The van der Waals surface area contributed by atoms with E-state index in [-0.39, 0.29) is 18.8 Å². The fourth-order valence-corrected chi connectivity index (χ4v) is 1.59. The van der Waals surface area contributed by atoms with Gasteiger partial charge in [-0.15, -0.1) is 5.10 Å². The second-order valence-corrected chi connectivity index (χ2v) is 4.68. The van der Waals surface area contributed by atoms with Crippen molar-refractivity contribution in [2.24, 2.45) is 5.73 Å². The Balaban J connectivity index is 3.21. The molecule has 0 spiro atoms. The minimum absolute atomic E-state index is 0.0315. The number of aromatic nitrogens is 3.